The van der Waals surface area contributed by atoms with E-state index in [4.69, 9.17) is 4.52 Å². The molecular weight excluding hydrogens is 299 g/mol. The van der Waals surface area contributed by atoms with Gasteiger partial charge in [0.05, 0.1) is 18.2 Å². The van der Waals surface area contributed by atoms with Crippen molar-refractivity contribution in [1.82, 2.24) is 15.0 Å². The summed E-state index contributed by atoms with van der Waals surface area (Å²) >= 11 is 0. The van der Waals surface area contributed by atoms with Crippen LogP contribution in [0.2, 0.25) is 0 Å². The van der Waals surface area contributed by atoms with Gasteiger partial charge in [0, 0.05) is 18.7 Å². The number of alkyl halides is 3. The summed E-state index contributed by atoms with van der Waals surface area (Å²) in [7, 11) is 0. The smallest absolute Gasteiger partial charge is 0.392 e. The second kappa shape index (κ2) is 5.69. The van der Waals surface area contributed by atoms with Crippen molar-refractivity contribution in [2.45, 2.75) is 25.2 Å². The lowest BCUT2D eigenvalue weighted by molar-refractivity contribution is -0.137. The van der Waals surface area contributed by atoms with Gasteiger partial charge in [-0.15, -0.1) is 0 Å². The van der Waals surface area contributed by atoms with Crippen molar-refractivity contribution in [1.29, 1.82) is 0 Å². The molecule has 5 nitrogen and oxygen atoms in total. The highest BCUT2D eigenvalue weighted by atomic mass is 19.4. The number of hydrogen-bond acceptors (Lipinski definition) is 5. The summed E-state index contributed by atoms with van der Waals surface area (Å²) in [6, 6.07) is 4.80. The maximum absolute atomic E-state index is 12.7. The zero-order valence-corrected chi connectivity index (χ0v) is 11.5. The predicted molar refractivity (Wildman–Crippen MR) is 70.6 cm³/mol. The fraction of sp³-hybridized carbons (Fsp3) is 0.429. The van der Waals surface area contributed by atoms with Crippen LogP contribution in [-0.4, -0.2) is 39.3 Å². The van der Waals surface area contributed by atoms with Gasteiger partial charge in [0.15, 0.2) is 0 Å². The number of rotatable bonds is 3. The third-order valence-corrected chi connectivity index (χ3v) is 3.52. The monoisotopic (exact) mass is 313 g/mol. The van der Waals surface area contributed by atoms with E-state index in [9.17, 15) is 18.3 Å². The first-order valence-corrected chi connectivity index (χ1v) is 6.82. The van der Waals surface area contributed by atoms with Crippen LogP contribution in [0.5, 0.6) is 0 Å². The molecule has 0 amide bonds. The van der Waals surface area contributed by atoms with E-state index in [1.165, 1.54) is 12.1 Å². The zero-order chi connectivity index (χ0) is 15.7. The van der Waals surface area contributed by atoms with Crippen LogP contribution in [0, 0.1) is 0 Å². The van der Waals surface area contributed by atoms with Gasteiger partial charge in [-0.25, -0.2) is 0 Å². The molecule has 0 aliphatic carbocycles. The Morgan fingerprint density at radius 3 is 2.86 bits per heavy atom. The summed E-state index contributed by atoms with van der Waals surface area (Å²) < 4.78 is 43.2. The lowest BCUT2D eigenvalue weighted by Crippen LogP contribution is -2.21. The Balaban J connectivity index is 1.76. The first-order chi connectivity index (χ1) is 10.4. The third-order valence-electron chi connectivity index (χ3n) is 3.52. The van der Waals surface area contributed by atoms with Crippen molar-refractivity contribution >= 4 is 0 Å². The minimum atomic E-state index is -4.41. The minimum Gasteiger partial charge on any atom is -0.392 e. The molecule has 2 aromatic rings. The summed E-state index contributed by atoms with van der Waals surface area (Å²) in [4.78, 5) is 6.08. The zero-order valence-electron chi connectivity index (χ0n) is 11.5. The Bertz CT molecular complexity index is 657. The van der Waals surface area contributed by atoms with E-state index >= 15 is 0 Å². The van der Waals surface area contributed by atoms with E-state index in [-0.39, 0.29) is 17.5 Å². The normalized spacial score (nSPS) is 19.7. The van der Waals surface area contributed by atoms with Crippen LogP contribution in [-0.2, 0) is 12.7 Å². The number of nitrogens with zero attached hydrogens (tertiary/aromatic N) is 3. The SMILES string of the molecule is O[C@@H]1CCN(Cc2nc(-c3cccc(C(F)(F)F)c3)no2)C1. The maximum Gasteiger partial charge on any atom is 0.416 e. The number of hydrogen-bond donors (Lipinski definition) is 1. The standard InChI is InChI=1S/C14H14F3N3O2/c15-14(16,17)10-3-1-2-9(6-10)13-18-12(22-19-13)8-20-5-4-11(21)7-20/h1-3,6,11,21H,4-5,7-8H2/t11-/m1/s1. The summed E-state index contributed by atoms with van der Waals surface area (Å²) in [5.41, 5.74) is -0.495. The molecule has 2 heterocycles. The first kappa shape index (κ1) is 15.0. The molecule has 118 valence electrons. The van der Waals surface area contributed by atoms with Crippen molar-refractivity contribution < 1.29 is 22.8 Å². The second-order valence-corrected chi connectivity index (χ2v) is 5.27. The van der Waals surface area contributed by atoms with Crippen molar-refractivity contribution in [2.24, 2.45) is 0 Å². The number of halogens is 3. The molecule has 0 unspecified atom stereocenters. The van der Waals surface area contributed by atoms with E-state index in [1.807, 2.05) is 4.90 Å². The van der Waals surface area contributed by atoms with Crippen LogP contribution >= 0.6 is 0 Å². The molecule has 1 aliphatic heterocycles. The number of aromatic nitrogens is 2. The van der Waals surface area contributed by atoms with Crippen LogP contribution in [0.3, 0.4) is 0 Å². The molecule has 1 atom stereocenters. The molecule has 0 bridgehead atoms. The van der Waals surface area contributed by atoms with Gasteiger partial charge in [0.25, 0.3) is 0 Å². The van der Waals surface area contributed by atoms with Crippen molar-refractivity contribution in [3.63, 3.8) is 0 Å². The molecule has 22 heavy (non-hydrogen) atoms. The highest BCUT2D eigenvalue weighted by Crippen LogP contribution is 2.31. The Hall–Kier alpha value is -1.93. The molecule has 8 heteroatoms. The van der Waals surface area contributed by atoms with Gasteiger partial charge in [-0.05, 0) is 18.6 Å². The van der Waals surface area contributed by atoms with Gasteiger partial charge in [0.2, 0.25) is 11.7 Å². The largest absolute Gasteiger partial charge is 0.416 e. The number of benzene rings is 1. The molecule has 1 aromatic heterocycles. The van der Waals surface area contributed by atoms with E-state index in [0.29, 0.717) is 25.4 Å². The topological polar surface area (TPSA) is 62.4 Å². The summed E-state index contributed by atoms with van der Waals surface area (Å²) in [5, 5.41) is 13.2. The molecule has 1 aromatic carbocycles. The average Bonchev–Trinajstić information content (AvgIpc) is 3.08. The first-order valence-electron chi connectivity index (χ1n) is 6.82. The van der Waals surface area contributed by atoms with Crippen molar-refractivity contribution in [3.8, 4) is 11.4 Å². The highest BCUT2D eigenvalue weighted by molar-refractivity contribution is 5.55. The van der Waals surface area contributed by atoms with E-state index in [0.717, 1.165) is 18.7 Å². The molecule has 0 radical (unpaired) electrons. The molecule has 1 fully saturated rings. The minimum absolute atomic E-state index is 0.126. The molecule has 1 saturated heterocycles. The fourth-order valence-electron chi connectivity index (χ4n) is 2.42. The summed E-state index contributed by atoms with van der Waals surface area (Å²) in [6.45, 7) is 1.63. The van der Waals surface area contributed by atoms with Gasteiger partial charge < -0.3 is 9.63 Å². The van der Waals surface area contributed by atoms with Crippen molar-refractivity contribution in [2.75, 3.05) is 13.1 Å². The highest BCUT2D eigenvalue weighted by Gasteiger charge is 2.31. The molecule has 0 saturated carbocycles. The number of likely N-dealkylation sites (tertiary alicyclic amines) is 1. The van der Waals surface area contributed by atoms with Gasteiger partial charge in [0.1, 0.15) is 0 Å². The van der Waals surface area contributed by atoms with E-state index in [2.05, 4.69) is 10.1 Å². The van der Waals surface area contributed by atoms with Gasteiger partial charge >= 0.3 is 6.18 Å². The molecule has 1 N–H and O–H groups in total. The van der Waals surface area contributed by atoms with Crippen LogP contribution in [0.1, 0.15) is 17.9 Å². The Kier molecular flexibility index (Phi) is 3.88. The number of aliphatic hydroxyl groups excluding tert-OH is 1. The maximum atomic E-state index is 12.7. The van der Waals surface area contributed by atoms with Crippen LogP contribution in [0.4, 0.5) is 13.2 Å². The summed E-state index contributed by atoms with van der Waals surface area (Å²) in [6.07, 6.45) is -4.08. The number of β-amino-alcohol motifs (C(OH)–C–C–N with tert-alkyl or cyclic N) is 1. The quantitative estimate of drug-likeness (QED) is 0.942. The van der Waals surface area contributed by atoms with E-state index < -0.39 is 11.7 Å². The van der Waals surface area contributed by atoms with Gasteiger partial charge in [-0.1, -0.05) is 17.3 Å². The molecule has 3 rings (SSSR count). The fourth-order valence-corrected chi connectivity index (χ4v) is 2.42. The third kappa shape index (κ3) is 3.28. The Morgan fingerprint density at radius 1 is 1.36 bits per heavy atom. The second-order valence-electron chi connectivity index (χ2n) is 5.27. The van der Waals surface area contributed by atoms with Crippen LogP contribution < -0.4 is 0 Å². The van der Waals surface area contributed by atoms with Gasteiger partial charge in [-0.3, -0.25) is 4.90 Å². The van der Waals surface area contributed by atoms with Crippen molar-refractivity contribution in [3.05, 3.63) is 35.7 Å². The molecule has 1 aliphatic rings. The van der Waals surface area contributed by atoms with E-state index in [1.54, 1.807) is 0 Å². The van der Waals surface area contributed by atoms with Gasteiger partial charge in [-0.2, -0.15) is 18.2 Å². The molecule has 0 spiro atoms. The lowest BCUT2D eigenvalue weighted by Gasteiger charge is -2.10. The number of aliphatic hydroxyl groups is 1. The lowest BCUT2D eigenvalue weighted by atomic mass is 10.1. The molecular formula is C14H14F3N3O2. The predicted octanol–water partition coefficient (Wildman–Crippen LogP) is 2.32. The van der Waals surface area contributed by atoms with Crippen LogP contribution in [0.15, 0.2) is 28.8 Å². The van der Waals surface area contributed by atoms with Crippen LogP contribution in [0.25, 0.3) is 11.4 Å². The summed E-state index contributed by atoms with van der Waals surface area (Å²) in [5.74, 6) is 0.447. The Labute approximate surface area is 124 Å². The average molecular weight is 313 g/mol. The Morgan fingerprint density at radius 2 is 2.18 bits per heavy atom.